The van der Waals surface area contributed by atoms with Crippen LogP contribution >= 0.6 is 0 Å². The molecule has 0 bridgehead atoms. The van der Waals surface area contributed by atoms with Crippen molar-refractivity contribution >= 4 is 11.6 Å². The number of halogens is 1. The Morgan fingerprint density at radius 3 is 2.14 bits per heavy atom. The molecule has 0 radical (unpaired) electrons. The van der Waals surface area contributed by atoms with Gasteiger partial charge in [0, 0.05) is 5.56 Å². The Labute approximate surface area is 162 Å². The van der Waals surface area contributed by atoms with Crippen LogP contribution < -0.4 is 19.5 Å². The molecule has 144 valence electrons. The molecule has 1 N–H and O–H groups in total. The van der Waals surface area contributed by atoms with Crippen molar-refractivity contribution in [3.8, 4) is 17.2 Å². The second-order valence-electron chi connectivity index (χ2n) is 5.92. The fraction of sp³-hybridized carbons (Fsp3) is 0.136. The number of hydrogen-bond donors (Lipinski definition) is 1. The van der Waals surface area contributed by atoms with Crippen molar-refractivity contribution in [3.05, 3.63) is 83.7 Å². The fourth-order valence-corrected chi connectivity index (χ4v) is 2.64. The molecule has 0 spiro atoms. The number of ether oxygens (including phenoxy) is 3. The number of hydrogen-bond acceptors (Lipinski definition) is 4. The highest BCUT2D eigenvalue weighted by molar-refractivity contribution is 6.05. The Balaban J connectivity index is 1.85. The molecule has 1 amide bonds. The van der Waals surface area contributed by atoms with Crippen molar-refractivity contribution in [1.82, 2.24) is 0 Å². The number of methoxy groups -OCH3 is 2. The van der Waals surface area contributed by atoms with E-state index in [1.165, 1.54) is 38.5 Å². The zero-order valence-electron chi connectivity index (χ0n) is 15.6. The Hall–Kier alpha value is -3.54. The first-order valence-electron chi connectivity index (χ1n) is 8.61. The highest BCUT2D eigenvalue weighted by Gasteiger charge is 2.18. The summed E-state index contributed by atoms with van der Waals surface area (Å²) in [6, 6.07) is 18.6. The molecule has 5 nitrogen and oxygen atoms in total. The van der Waals surface area contributed by atoms with E-state index in [1.54, 1.807) is 12.1 Å². The van der Waals surface area contributed by atoms with Crippen LogP contribution in [0.1, 0.15) is 15.9 Å². The van der Waals surface area contributed by atoms with Gasteiger partial charge in [0.25, 0.3) is 5.91 Å². The lowest BCUT2D eigenvalue weighted by Gasteiger charge is -2.16. The third-order valence-corrected chi connectivity index (χ3v) is 4.07. The summed E-state index contributed by atoms with van der Waals surface area (Å²) in [6.45, 7) is 0.314. The normalized spacial score (nSPS) is 10.2. The average Bonchev–Trinajstić information content (AvgIpc) is 2.73. The van der Waals surface area contributed by atoms with Gasteiger partial charge >= 0.3 is 0 Å². The van der Waals surface area contributed by atoms with E-state index in [2.05, 4.69) is 5.32 Å². The van der Waals surface area contributed by atoms with Gasteiger partial charge in [-0.25, -0.2) is 4.39 Å². The predicted molar refractivity (Wildman–Crippen MR) is 105 cm³/mol. The van der Waals surface area contributed by atoms with Crippen LogP contribution in [0.4, 0.5) is 10.1 Å². The summed E-state index contributed by atoms with van der Waals surface area (Å²) in [7, 11) is 2.95. The Morgan fingerprint density at radius 1 is 0.929 bits per heavy atom. The van der Waals surface area contributed by atoms with Gasteiger partial charge in [0.1, 0.15) is 12.4 Å². The third kappa shape index (κ3) is 4.40. The second kappa shape index (κ2) is 8.90. The van der Waals surface area contributed by atoms with Gasteiger partial charge < -0.3 is 19.5 Å². The lowest BCUT2D eigenvalue weighted by molar-refractivity contribution is 0.102. The van der Waals surface area contributed by atoms with Gasteiger partial charge in [0.2, 0.25) is 5.75 Å². The molecule has 0 fully saturated rings. The van der Waals surface area contributed by atoms with Crippen LogP contribution in [0.25, 0.3) is 0 Å². The van der Waals surface area contributed by atoms with Gasteiger partial charge in [-0.1, -0.05) is 42.5 Å². The van der Waals surface area contributed by atoms with Crippen molar-refractivity contribution < 1.29 is 23.4 Å². The zero-order valence-corrected chi connectivity index (χ0v) is 15.6. The van der Waals surface area contributed by atoms with Gasteiger partial charge in [-0.3, -0.25) is 4.79 Å². The highest BCUT2D eigenvalue weighted by Crippen LogP contribution is 2.39. The number of anilines is 1. The highest BCUT2D eigenvalue weighted by atomic mass is 19.1. The summed E-state index contributed by atoms with van der Waals surface area (Å²) in [5.41, 5.74) is 1.33. The van der Waals surface area contributed by atoms with E-state index >= 15 is 0 Å². The summed E-state index contributed by atoms with van der Waals surface area (Å²) in [5, 5.41) is 2.54. The minimum atomic E-state index is -0.516. The Morgan fingerprint density at radius 2 is 1.54 bits per heavy atom. The molecule has 6 heteroatoms. The van der Waals surface area contributed by atoms with E-state index in [1.807, 2.05) is 30.3 Å². The van der Waals surface area contributed by atoms with Gasteiger partial charge in [0.15, 0.2) is 11.5 Å². The number of benzene rings is 3. The third-order valence-electron chi connectivity index (χ3n) is 4.07. The quantitative estimate of drug-likeness (QED) is 0.646. The van der Waals surface area contributed by atoms with Gasteiger partial charge in [-0.05, 0) is 29.8 Å². The molecule has 3 rings (SSSR count). The molecule has 0 unspecified atom stereocenters. The van der Waals surface area contributed by atoms with Crippen LogP contribution in [0.15, 0.2) is 66.7 Å². The van der Waals surface area contributed by atoms with Gasteiger partial charge in [-0.15, -0.1) is 0 Å². The minimum absolute atomic E-state index is 0.0924. The molecular weight excluding hydrogens is 361 g/mol. The molecule has 28 heavy (non-hydrogen) atoms. The number of amides is 1. The summed E-state index contributed by atoms with van der Waals surface area (Å²) in [6.07, 6.45) is 0. The number of rotatable bonds is 7. The first-order valence-corrected chi connectivity index (χ1v) is 8.61. The maximum Gasteiger partial charge on any atom is 0.256 e. The van der Waals surface area contributed by atoms with Crippen LogP contribution in [0.3, 0.4) is 0 Å². The van der Waals surface area contributed by atoms with Gasteiger partial charge in [0.05, 0.1) is 19.9 Å². The first-order chi connectivity index (χ1) is 13.6. The smallest absolute Gasteiger partial charge is 0.256 e. The largest absolute Gasteiger partial charge is 0.493 e. The molecule has 0 saturated carbocycles. The van der Waals surface area contributed by atoms with E-state index in [9.17, 15) is 9.18 Å². The van der Waals surface area contributed by atoms with Crippen molar-refractivity contribution in [2.24, 2.45) is 0 Å². The van der Waals surface area contributed by atoms with Crippen LogP contribution in [0, 0.1) is 5.82 Å². The molecule has 0 aliphatic carbocycles. The van der Waals surface area contributed by atoms with Crippen molar-refractivity contribution in [3.63, 3.8) is 0 Å². The molecule has 0 aliphatic rings. The Kier molecular flexibility index (Phi) is 6.11. The molecule has 0 aliphatic heterocycles. The van der Waals surface area contributed by atoms with Crippen molar-refractivity contribution in [2.45, 2.75) is 6.61 Å². The molecular formula is C22H20FNO4. The fourth-order valence-electron chi connectivity index (χ4n) is 2.64. The van der Waals surface area contributed by atoms with E-state index in [0.29, 0.717) is 23.9 Å². The SMILES string of the molecule is COc1cc(C(=O)Nc2ccccc2F)cc(OC)c1OCc1ccccc1. The standard InChI is InChI=1S/C22H20FNO4/c1-26-19-12-16(22(25)24-18-11-7-6-10-17(18)23)13-20(27-2)21(19)28-14-15-8-4-3-5-9-15/h3-13H,14H2,1-2H3,(H,24,25). The molecule has 3 aromatic rings. The Bertz CT molecular complexity index is 935. The molecule has 0 aromatic heterocycles. The number of carbonyl (C=O) groups excluding carboxylic acids is 1. The summed E-state index contributed by atoms with van der Waals surface area (Å²) in [5.74, 6) is 0.0631. The summed E-state index contributed by atoms with van der Waals surface area (Å²) in [4.78, 5) is 12.6. The molecule has 0 atom stereocenters. The van der Waals surface area contributed by atoms with Crippen LogP contribution in [0.5, 0.6) is 17.2 Å². The second-order valence-corrected chi connectivity index (χ2v) is 5.92. The molecule has 0 heterocycles. The minimum Gasteiger partial charge on any atom is -0.493 e. The average molecular weight is 381 g/mol. The number of para-hydroxylation sites is 1. The first kappa shape index (κ1) is 19.2. The van der Waals surface area contributed by atoms with E-state index < -0.39 is 11.7 Å². The molecule has 3 aromatic carbocycles. The van der Waals surface area contributed by atoms with Crippen LogP contribution in [0.2, 0.25) is 0 Å². The maximum atomic E-state index is 13.8. The molecule has 0 saturated heterocycles. The summed E-state index contributed by atoms with van der Waals surface area (Å²) >= 11 is 0. The van der Waals surface area contributed by atoms with Crippen LogP contribution in [-0.4, -0.2) is 20.1 Å². The van der Waals surface area contributed by atoms with Crippen molar-refractivity contribution in [2.75, 3.05) is 19.5 Å². The lowest BCUT2D eigenvalue weighted by Crippen LogP contribution is -2.13. The van der Waals surface area contributed by atoms with E-state index in [0.717, 1.165) is 5.56 Å². The predicted octanol–water partition coefficient (Wildman–Crippen LogP) is 4.67. The zero-order chi connectivity index (χ0) is 19.9. The van der Waals surface area contributed by atoms with E-state index in [4.69, 9.17) is 14.2 Å². The summed E-state index contributed by atoms with van der Waals surface area (Å²) < 4.78 is 30.4. The van der Waals surface area contributed by atoms with Crippen molar-refractivity contribution in [1.29, 1.82) is 0 Å². The van der Waals surface area contributed by atoms with Gasteiger partial charge in [-0.2, -0.15) is 0 Å². The maximum absolute atomic E-state index is 13.8. The monoisotopic (exact) mass is 381 g/mol. The number of nitrogens with one attached hydrogen (secondary N) is 1. The van der Waals surface area contributed by atoms with E-state index in [-0.39, 0.29) is 11.3 Å². The lowest BCUT2D eigenvalue weighted by atomic mass is 10.1. The topological polar surface area (TPSA) is 56.8 Å². The number of carbonyl (C=O) groups is 1. The van der Waals surface area contributed by atoms with Crippen LogP contribution in [-0.2, 0) is 6.61 Å².